The van der Waals surface area contributed by atoms with Gasteiger partial charge >= 0.3 is 0 Å². The van der Waals surface area contributed by atoms with Gasteiger partial charge in [0.1, 0.15) is 5.78 Å². The predicted molar refractivity (Wildman–Crippen MR) is 106 cm³/mol. The largest absolute Gasteiger partial charge is 0.410 e. The lowest BCUT2D eigenvalue weighted by Crippen LogP contribution is -2.49. The van der Waals surface area contributed by atoms with Crippen molar-refractivity contribution in [2.45, 2.75) is 98.1 Å². The lowest BCUT2D eigenvalue weighted by atomic mass is 9.59. The summed E-state index contributed by atoms with van der Waals surface area (Å²) in [6, 6.07) is 3.33. The molecule has 25 heavy (non-hydrogen) atoms. The van der Waals surface area contributed by atoms with Crippen molar-refractivity contribution in [3.8, 4) is 0 Å². The number of hydrogen-bond acceptors (Lipinski definition) is 3. The van der Waals surface area contributed by atoms with Crippen LogP contribution in [0.1, 0.15) is 67.7 Å². The van der Waals surface area contributed by atoms with Crippen molar-refractivity contribution in [3.05, 3.63) is 11.1 Å². The Hall–Kier alpha value is -0.453. The van der Waals surface area contributed by atoms with Crippen LogP contribution in [0.3, 0.4) is 0 Å². The molecule has 0 aromatic carbocycles. The SMILES string of the molecule is CC[Si](CC)(CC)O[C@@H]1C[C@@H](C)C(=O)C[C@@H]2C[C@@H](O)C(C)=C1C2(C)C. The molecule has 0 heterocycles. The van der Waals surface area contributed by atoms with Crippen molar-refractivity contribution in [2.24, 2.45) is 17.3 Å². The predicted octanol–water partition coefficient (Wildman–Crippen LogP) is 5.10. The minimum atomic E-state index is -1.79. The van der Waals surface area contributed by atoms with E-state index in [0.717, 1.165) is 30.1 Å². The lowest BCUT2D eigenvalue weighted by molar-refractivity contribution is -0.126. The number of fused-ring (bicyclic) bond motifs is 2. The van der Waals surface area contributed by atoms with Crippen LogP contribution in [-0.4, -0.2) is 31.4 Å². The van der Waals surface area contributed by atoms with Gasteiger partial charge in [-0.2, -0.15) is 0 Å². The normalized spacial score (nSPS) is 33.2. The second-order valence-electron chi connectivity index (χ2n) is 8.92. The Morgan fingerprint density at radius 1 is 1.16 bits per heavy atom. The highest BCUT2D eigenvalue weighted by Crippen LogP contribution is 2.51. The molecule has 0 aromatic heterocycles. The average Bonchev–Trinajstić information content (AvgIpc) is 2.56. The van der Waals surface area contributed by atoms with Crippen molar-refractivity contribution in [3.63, 3.8) is 0 Å². The van der Waals surface area contributed by atoms with Crippen LogP contribution in [0.5, 0.6) is 0 Å². The Kier molecular flexibility index (Phi) is 6.38. The highest BCUT2D eigenvalue weighted by molar-refractivity contribution is 6.73. The number of Topliss-reactive ketones (excluding diaryl/α,β-unsaturated/α-hetero) is 1. The Morgan fingerprint density at radius 2 is 1.72 bits per heavy atom. The fraction of sp³-hybridized carbons (Fsp3) is 0.857. The second-order valence-corrected chi connectivity index (χ2v) is 13.6. The maximum absolute atomic E-state index is 12.7. The first-order valence-corrected chi connectivity index (χ1v) is 12.7. The molecule has 0 radical (unpaired) electrons. The molecule has 0 spiro atoms. The quantitative estimate of drug-likeness (QED) is 0.544. The molecule has 1 saturated carbocycles. The van der Waals surface area contributed by atoms with Gasteiger partial charge in [0, 0.05) is 12.3 Å². The Morgan fingerprint density at radius 3 is 2.24 bits per heavy atom. The van der Waals surface area contributed by atoms with Crippen LogP contribution in [0.2, 0.25) is 18.1 Å². The molecule has 0 aliphatic heterocycles. The van der Waals surface area contributed by atoms with E-state index in [4.69, 9.17) is 4.43 Å². The van der Waals surface area contributed by atoms with Crippen LogP contribution in [0.25, 0.3) is 0 Å². The van der Waals surface area contributed by atoms with E-state index in [-0.39, 0.29) is 23.4 Å². The molecule has 0 unspecified atom stereocenters. The third kappa shape index (κ3) is 3.81. The fourth-order valence-electron chi connectivity index (χ4n) is 5.08. The smallest absolute Gasteiger partial charge is 0.192 e. The maximum Gasteiger partial charge on any atom is 0.192 e. The summed E-state index contributed by atoms with van der Waals surface area (Å²) in [6.45, 7) is 15.4. The minimum Gasteiger partial charge on any atom is -0.410 e. The van der Waals surface area contributed by atoms with Gasteiger partial charge in [0.2, 0.25) is 0 Å². The number of rotatable bonds is 5. The molecule has 144 valence electrons. The minimum absolute atomic E-state index is 0.0155. The Bertz CT molecular complexity index is 525. The second kappa shape index (κ2) is 7.65. The van der Waals surface area contributed by atoms with Gasteiger partial charge in [-0.1, -0.05) is 41.5 Å². The van der Waals surface area contributed by atoms with E-state index in [0.29, 0.717) is 18.6 Å². The van der Waals surface area contributed by atoms with E-state index in [1.54, 1.807) is 0 Å². The summed E-state index contributed by atoms with van der Waals surface area (Å²) in [5.74, 6) is 0.594. The molecular formula is C21H38O3Si. The first-order chi connectivity index (χ1) is 11.6. The summed E-state index contributed by atoms with van der Waals surface area (Å²) in [5.41, 5.74) is 2.31. The monoisotopic (exact) mass is 366 g/mol. The molecule has 2 aliphatic carbocycles. The topological polar surface area (TPSA) is 46.5 Å². The van der Waals surface area contributed by atoms with Gasteiger partial charge < -0.3 is 9.53 Å². The van der Waals surface area contributed by atoms with E-state index in [1.807, 2.05) is 0 Å². The van der Waals surface area contributed by atoms with Gasteiger partial charge in [-0.15, -0.1) is 0 Å². The summed E-state index contributed by atoms with van der Waals surface area (Å²) in [4.78, 5) is 12.7. The molecule has 0 amide bonds. The molecule has 2 bridgehead atoms. The molecule has 2 aliphatic rings. The zero-order valence-electron chi connectivity index (χ0n) is 17.3. The highest BCUT2D eigenvalue weighted by atomic mass is 28.4. The summed E-state index contributed by atoms with van der Waals surface area (Å²) in [7, 11) is -1.79. The summed E-state index contributed by atoms with van der Waals surface area (Å²) in [6.07, 6.45) is 1.61. The van der Waals surface area contributed by atoms with Gasteiger partial charge in [0.25, 0.3) is 0 Å². The first-order valence-electron chi connectivity index (χ1n) is 10.2. The van der Waals surface area contributed by atoms with Crippen molar-refractivity contribution >= 4 is 14.1 Å². The molecule has 2 rings (SSSR count). The standard InChI is InChI=1S/C21H38O3Si/c1-8-25(9-2,10-3)24-19-11-14(4)17(22)12-16-13-18(23)15(5)20(19)21(16,6)7/h14,16,18-19,23H,8-13H2,1-7H3/t14-,16-,18-,19-/m1/s1. The fourth-order valence-corrected chi connectivity index (χ4v) is 7.90. The van der Waals surface area contributed by atoms with Crippen molar-refractivity contribution in [1.82, 2.24) is 0 Å². The third-order valence-corrected chi connectivity index (χ3v) is 12.0. The first kappa shape index (κ1) is 20.9. The summed E-state index contributed by atoms with van der Waals surface area (Å²) >= 11 is 0. The summed E-state index contributed by atoms with van der Waals surface area (Å²) < 4.78 is 6.94. The molecule has 0 saturated heterocycles. The van der Waals surface area contributed by atoms with E-state index in [2.05, 4.69) is 48.5 Å². The molecule has 4 heteroatoms. The number of aliphatic hydroxyl groups excluding tert-OH is 1. The van der Waals surface area contributed by atoms with Crippen molar-refractivity contribution in [2.75, 3.05) is 0 Å². The molecular weight excluding hydrogens is 328 g/mol. The molecule has 1 N–H and O–H groups in total. The van der Waals surface area contributed by atoms with Crippen molar-refractivity contribution < 1.29 is 14.3 Å². The Labute approximate surface area is 155 Å². The zero-order valence-corrected chi connectivity index (χ0v) is 18.3. The number of carbonyl (C=O) groups excluding carboxylic acids is 1. The molecule has 1 fully saturated rings. The van der Waals surface area contributed by atoms with Gasteiger partial charge in [-0.3, -0.25) is 4.79 Å². The number of ketones is 1. The van der Waals surface area contributed by atoms with Gasteiger partial charge in [-0.25, -0.2) is 0 Å². The number of hydrogen-bond donors (Lipinski definition) is 1. The Balaban J connectivity index is 2.53. The van der Waals surface area contributed by atoms with Crippen LogP contribution in [0.15, 0.2) is 11.1 Å². The average molecular weight is 367 g/mol. The van der Waals surface area contributed by atoms with E-state index < -0.39 is 14.4 Å². The van der Waals surface area contributed by atoms with Crippen molar-refractivity contribution in [1.29, 1.82) is 0 Å². The van der Waals surface area contributed by atoms with E-state index in [9.17, 15) is 9.90 Å². The third-order valence-electron chi connectivity index (χ3n) is 7.36. The van der Waals surface area contributed by atoms with E-state index in [1.165, 1.54) is 5.57 Å². The van der Waals surface area contributed by atoms with Crippen LogP contribution in [0.4, 0.5) is 0 Å². The van der Waals surface area contributed by atoms with Crippen LogP contribution in [0, 0.1) is 17.3 Å². The number of aliphatic hydroxyl groups is 1. The van der Waals surface area contributed by atoms with Crippen LogP contribution >= 0.6 is 0 Å². The van der Waals surface area contributed by atoms with Crippen LogP contribution in [-0.2, 0) is 9.22 Å². The number of carbonyl (C=O) groups is 1. The van der Waals surface area contributed by atoms with Gasteiger partial charge in [0.05, 0.1) is 12.2 Å². The zero-order chi connectivity index (χ0) is 19.0. The summed E-state index contributed by atoms with van der Waals surface area (Å²) in [5, 5.41) is 10.7. The van der Waals surface area contributed by atoms with Gasteiger partial charge in [0.15, 0.2) is 8.32 Å². The van der Waals surface area contributed by atoms with E-state index >= 15 is 0 Å². The molecule has 4 atom stereocenters. The highest BCUT2D eigenvalue weighted by Gasteiger charge is 2.48. The van der Waals surface area contributed by atoms with Gasteiger partial charge in [-0.05, 0) is 60.4 Å². The van der Waals surface area contributed by atoms with Crippen LogP contribution < -0.4 is 0 Å². The molecule has 3 nitrogen and oxygen atoms in total. The lowest BCUT2D eigenvalue weighted by Gasteiger charge is -2.50. The molecule has 0 aromatic rings. The maximum atomic E-state index is 12.7.